The molecular weight excluding hydrogens is 128 g/mol. The minimum Gasteiger partial charge on any atom is -0.395 e. The van der Waals surface area contributed by atoms with E-state index < -0.39 is 0 Å². The maximum absolute atomic E-state index is 8.64. The highest BCUT2D eigenvalue weighted by Crippen LogP contribution is 1.96. The third kappa shape index (κ3) is 2.25. The number of aliphatic hydroxyl groups excluding tert-OH is 1. The van der Waals surface area contributed by atoms with Crippen molar-refractivity contribution in [3.05, 3.63) is 0 Å². The van der Waals surface area contributed by atoms with Gasteiger partial charge in [0.1, 0.15) is 0 Å². The normalized spacial score (nSPS) is 28.8. The minimum absolute atomic E-state index is 0.284. The monoisotopic (exact) mass is 144 g/mol. The topological polar surface area (TPSA) is 35.5 Å². The van der Waals surface area contributed by atoms with E-state index >= 15 is 0 Å². The molecule has 0 radical (unpaired) electrons. The van der Waals surface area contributed by atoms with Crippen LogP contribution in [-0.2, 0) is 0 Å². The van der Waals surface area contributed by atoms with Crippen LogP contribution >= 0.6 is 0 Å². The number of hydrogen-bond donors (Lipinski definition) is 2. The molecule has 1 saturated heterocycles. The minimum atomic E-state index is 0.284. The van der Waals surface area contributed by atoms with Crippen molar-refractivity contribution in [2.75, 3.05) is 32.8 Å². The quantitative estimate of drug-likeness (QED) is 0.536. The highest BCUT2D eigenvalue weighted by Gasteiger charge is 2.13. The van der Waals surface area contributed by atoms with Crippen LogP contribution < -0.4 is 5.32 Å². The third-order valence-electron chi connectivity index (χ3n) is 1.87. The molecule has 0 aromatic carbocycles. The summed E-state index contributed by atoms with van der Waals surface area (Å²) in [5.41, 5.74) is 0. The van der Waals surface area contributed by atoms with E-state index in [0.717, 1.165) is 26.2 Å². The summed E-state index contributed by atoms with van der Waals surface area (Å²) < 4.78 is 0. The van der Waals surface area contributed by atoms with E-state index in [1.807, 2.05) is 0 Å². The Morgan fingerprint density at radius 2 is 2.50 bits per heavy atom. The van der Waals surface area contributed by atoms with Gasteiger partial charge in [0.2, 0.25) is 0 Å². The van der Waals surface area contributed by atoms with Gasteiger partial charge in [0.15, 0.2) is 0 Å². The fourth-order valence-corrected chi connectivity index (χ4v) is 1.36. The van der Waals surface area contributed by atoms with Gasteiger partial charge in [-0.25, -0.2) is 0 Å². The number of aliphatic hydroxyl groups is 1. The van der Waals surface area contributed by atoms with Crippen LogP contribution in [0.1, 0.15) is 6.92 Å². The molecule has 3 heteroatoms. The molecule has 0 aliphatic carbocycles. The molecule has 1 aliphatic rings. The third-order valence-corrected chi connectivity index (χ3v) is 1.87. The average molecular weight is 144 g/mol. The Kier molecular flexibility index (Phi) is 3.12. The van der Waals surface area contributed by atoms with Crippen molar-refractivity contribution in [3.8, 4) is 0 Å². The molecule has 0 aromatic rings. The van der Waals surface area contributed by atoms with Gasteiger partial charge < -0.3 is 10.4 Å². The number of piperazine rings is 1. The molecule has 1 aliphatic heterocycles. The predicted octanol–water partition coefficient (Wildman–Crippen LogP) is -0.728. The lowest BCUT2D eigenvalue weighted by Gasteiger charge is -2.31. The van der Waals surface area contributed by atoms with E-state index in [9.17, 15) is 0 Å². The lowest BCUT2D eigenvalue weighted by atomic mass is 10.2. The summed E-state index contributed by atoms with van der Waals surface area (Å²) in [5.74, 6) is 0. The molecule has 10 heavy (non-hydrogen) atoms. The summed E-state index contributed by atoms with van der Waals surface area (Å²) in [5, 5.41) is 12.0. The molecule has 0 saturated carbocycles. The molecule has 0 spiro atoms. The van der Waals surface area contributed by atoms with Gasteiger partial charge in [0.25, 0.3) is 0 Å². The lowest BCUT2D eigenvalue weighted by Crippen LogP contribution is -2.49. The Morgan fingerprint density at radius 3 is 3.10 bits per heavy atom. The van der Waals surface area contributed by atoms with E-state index in [-0.39, 0.29) is 6.61 Å². The van der Waals surface area contributed by atoms with Crippen LogP contribution in [0.5, 0.6) is 0 Å². The summed E-state index contributed by atoms with van der Waals surface area (Å²) in [4.78, 5) is 2.28. The SMILES string of the molecule is CC1CN(CCO)CCN1. The van der Waals surface area contributed by atoms with E-state index in [2.05, 4.69) is 17.1 Å². The molecule has 0 bridgehead atoms. The molecule has 3 nitrogen and oxygen atoms in total. The molecule has 1 unspecified atom stereocenters. The molecule has 1 heterocycles. The summed E-state index contributed by atoms with van der Waals surface area (Å²) in [7, 11) is 0. The van der Waals surface area contributed by atoms with E-state index in [4.69, 9.17) is 5.11 Å². The molecule has 0 aromatic heterocycles. The van der Waals surface area contributed by atoms with Gasteiger partial charge >= 0.3 is 0 Å². The van der Waals surface area contributed by atoms with Crippen molar-refractivity contribution in [1.29, 1.82) is 0 Å². The van der Waals surface area contributed by atoms with Crippen molar-refractivity contribution in [1.82, 2.24) is 10.2 Å². The van der Waals surface area contributed by atoms with Gasteiger partial charge in [-0.15, -0.1) is 0 Å². The van der Waals surface area contributed by atoms with E-state index in [0.29, 0.717) is 6.04 Å². The molecule has 1 fully saturated rings. The molecule has 2 N–H and O–H groups in total. The highest BCUT2D eigenvalue weighted by molar-refractivity contribution is 4.74. The van der Waals surface area contributed by atoms with Crippen molar-refractivity contribution in [3.63, 3.8) is 0 Å². The van der Waals surface area contributed by atoms with Gasteiger partial charge in [-0.1, -0.05) is 0 Å². The Morgan fingerprint density at radius 1 is 1.70 bits per heavy atom. The van der Waals surface area contributed by atoms with Crippen molar-refractivity contribution >= 4 is 0 Å². The van der Waals surface area contributed by atoms with E-state index in [1.54, 1.807) is 0 Å². The zero-order chi connectivity index (χ0) is 7.40. The van der Waals surface area contributed by atoms with Gasteiger partial charge in [0.05, 0.1) is 6.61 Å². The molecule has 0 amide bonds. The van der Waals surface area contributed by atoms with Crippen LogP contribution in [0.15, 0.2) is 0 Å². The fourth-order valence-electron chi connectivity index (χ4n) is 1.36. The Bertz CT molecular complexity index is 95.6. The summed E-state index contributed by atoms with van der Waals surface area (Å²) in [6, 6.07) is 0.584. The van der Waals surface area contributed by atoms with Crippen LogP contribution in [0, 0.1) is 0 Å². The summed E-state index contributed by atoms with van der Waals surface area (Å²) in [6.07, 6.45) is 0. The van der Waals surface area contributed by atoms with Gasteiger partial charge in [-0.3, -0.25) is 4.90 Å². The first-order valence-corrected chi connectivity index (χ1v) is 3.89. The molecule has 1 atom stereocenters. The Labute approximate surface area is 62.0 Å². The van der Waals surface area contributed by atoms with Crippen LogP contribution in [-0.4, -0.2) is 48.8 Å². The number of β-amino-alcohol motifs (C(OH)–C–C–N with tert-alkyl or cyclic N) is 1. The van der Waals surface area contributed by atoms with Crippen LogP contribution in [0.25, 0.3) is 0 Å². The summed E-state index contributed by atoms with van der Waals surface area (Å²) in [6.45, 7) is 6.48. The van der Waals surface area contributed by atoms with Crippen LogP contribution in [0.2, 0.25) is 0 Å². The highest BCUT2D eigenvalue weighted by atomic mass is 16.3. The zero-order valence-corrected chi connectivity index (χ0v) is 6.51. The van der Waals surface area contributed by atoms with E-state index in [1.165, 1.54) is 0 Å². The molecular formula is C7H16N2O. The zero-order valence-electron chi connectivity index (χ0n) is 6.51. The Hall–Kier alpha value is -0.120. The van der Waals surface area contributed by atoms with Crippen LogP contribution in [0.4, 0.5) is 0 Å². The standard InChI is InChI=1S/C7H16N2O/c1-7-6-9(4-5-10)3-2-8-7/h7-8,10H,2-6H2,1H3. The fraction of sp³-hybridized carbons (Fsp3) is 1.00. The first-order valence-electron chi connectivity index (χ1n) is 3.89. The number of nitrogens with zero attached hydrogens (tertiary/aromatic N) is 1. The molecule has 60 valence electrons. The van der Waals surface area contributed by atoms with Crippen molar-refractivity contribution in [2.24, 2.45) is 0 Å². The second kappa shape index (κ2) is 3.91. The maximum atomic E-state index is 8.64. The second-order valence-corrected chi connectivity index (χ2v) is 2.88. The summed E-state index contributed by atoms with van der Waals surface area (Å²) >= 11 is 0. The van der Waals surface area contributed by atoms with Crippen LogP contribution in [0.3, 0.4) is 0 Å². The number of rotatable bonds is 2. The van der Waals surface area contributed by atoms with Gasteiger partial charge in [-0.05, 0) is 6.92 Å². The first-order chi connectivity index (χ1) is 4.83. The average Bonchev–Trinajstić information content (AvgIpc) is 1.88. The number of hydrogen-bond acceptors (Lipinski definition) is 3. The number of nitrogens with one attached hydrogen (secondary N) is 1. The first kappa shape index (κ1) is 7.98. The smallest absolute Gasteiger partial charge is 0.0558 e. The molecule has 1 rings (SSSR count). The van der Waals surface area contributed by atoms with Crippen molar-refractivity contribution in [2.45, 2.75) is 13.0 Å². The predicted molar refractivity (Wildman–Crippen MR) is 41.0 cm³/mol. The maximum Gasteiger partial charge on any atom is 0.0558 e. The van der Waals surface area contributed by atoms with Gasteiger partial charge in [-0.2, -0.15) is 0 Å². The second-order valence-electron chi connectivity index (χ2n) is 2.88. The lowest BCUT2D eigenvalue weighted by molar-refractivity contribution is 0.161. The van der Waals surface area contributed by atoms with Gasteiger partial charge in [0, 0.05) is 32.2 Å². The van der Waals surface area contributed by atoms with Crippen molar-refractivity contribution < 1.29 is 5.11 Å². The largest absolute Gasteiger partial charge is 0.395 e. The Balaban J connectivity index is 2.18.